The number of ether oxygens (including phenoxy) is 1. The summed E-state index contributed by atoms with van der Waals surface area (Å²) in [7, 11) is -14.7. The number of hydrogen-bond acceptors (Lipinski definition) is 15. The van der Waals surface area contributed by atoms with Crippen LogP contribution in [-0.4, -0.2) is 70.6 Å². The molecule has 0 amide bonds. The molecule has 238 valence electrons. The van der Waals surface area contributed by atoms with Crippen LogP contribution in [0.3, 0.4) is 0 Å². The maximum atomic E-state index is 12.0. The Kier molecular flexibility index (Phi) is 10.7. The zero-order valence-corrected chi connectivity index (χ0v) is 25.0. The number of fused-ring (bicyclic) bond motifs is 1. The third-order valence-electron chi connectivity index (χ3n) is 6.09. The Morgan fingerprint density at radius 1 is 1.20 bits per heavy atom. The first kappa shape index (κ1) is 33.8. The monoisotopic (exact) mass is 677 g/mol. The third-order valence-corrected chi connectivity index (χ3v) is 9.87. The van der Waals surface area contributed by atoms with E-state index in [1.165, 1.54) is 6.33 Å². The molecular weight excluding hydrogens is 651 g/mol. The number of aliphatic carboxylic acids is 1. The molecule has 1 aliphatic rings. The van der Waals surface area contributed by atoms with Gasteiger partial charge in [0.1, 0.15) is 36.2 Å². The van der Waals surface area contributed by atoms with Crippen LogP contribution >= 0.6 is 23.9 Å². The Bertz CT molecular complexity index is 1710. The first-order chi connectivity index (χ1) is 20.7. The van der Waals surface area contributed by atoms with E-state index in [0.29, 0.717) is 22.2 Å². The van der Waals surface area contributed by atoms with Crippen LogP contribution in [0.15, 0.2) is 36.8 Å². The van der Waals surface area contributed by atoms with Gasteiger partial charge in [-0.25, -0.2) is 28.7 Å². The minimum absolute atomic E-state index is 0.000545. The number of benzene rings is 1. The molecule has 1 fully saturated rings. The minimum atomic E-state index is -5.46. The summed E-state index contributed by atoms with van der Waals surface area (Å²) < 4.78 is 57.7. The Labute approximate surface area is 248 Å². The maximum Gasteiger partial charge on any atom is 0.508 e. The van der Waals surface area contributed by atoms with Crippen LogP contribution in [0.25, 0.3) is 11.0 Å². The fourth-order valence-corrected chi connectivity index (χ4v) is 6.96. The molecule has 4 rings (SSSR count). The fraction of sp³-hybridized carbons (Fsp3) is 0.318. The molecule has 0 aliphatic carbocycles. The zero-order valence-electron chi connectivity index (χ0n) is 22.2. The summed E-state index contributed by atoms with van der Waals surface area (Å²) in [6, 6.07) is 5.80. The Morgan fingerprint density at radius 3 is 2.57 bits per heavy atom. The molecule has 44 heavy (non-hydrogen) atoms. The van der Waals surface area contributed by atoms with Gasteiger partial charge in [0.25, 0.3) is 0 Å². The number of phosphoric acid groups is 2. The van der Waals surface area contributed by atoms with E-state index < -0.39 is 61.0 Å². The molecule has 19 nitrogen and oxygen atoms in total. The lowest BCUT2D eigenvalue weighted by molar-refractivity contribution is -0.157. The molecule has 2 aromatic heterocycles. The molecule has 1 saturated heterocycles. The van der Waals surface area contributed by atoms with Crippen molar-refractivity contribution in [3.63, 3.8) is 0 Å². The van der Waals surface area contributed by atoms with Crippen LogP contribution < -0.4 is 11.5 Å². The van der Waals surface area contributed by atoms with Crippen LogP contribution in [0.5, 0.6) is 0 Å². The van der Waals surface area contributed by atoms with E-state index in [1.807, 2.05) is 0 Å². The smallest absolute Gasteiger partial charge is 0.480 e. The molecule has 0 spiro atoms. The second-order valence-electron chi connectivity index (χ2n) is 9.19. The van der Waals surface area contributed by atoms with Gasteiger partial charge in [0.2, 0.25) is 0 Å². The fourth-order valence-electron chi connectivity index (χ4n) is 4.10. The lowest BCUT2D eigenvalue weighted by Gasteiger charge is -2.17. The molecule has 22 heteroatoms. The Morgan fingerprint density at radius 2 is 1.91 bits per heavy atom. The van der Waals surface area contributed by atoms with Crippen LogP contribution in [0, 0.1) is 11.8 Å². The normalized spacial score (nSPS) is 22.4. The van der Waals surface area contributed by atoms with Crippen LogP contribution in [-0.2, 0) is 47.5 Å². The van der Waals surface area contributed by atoms with Gasteiger partial charge in [0, 0.05) is 18.2 Å². The van der Waals surface area contributed by atoms with Crippen LogP contribution in [0.2, 0.25) is 0 Å². The number of carboxylic acids is 1. The zero-order chi connectivity index (χ0) is 32.2. The summed E-state index contributed by atoms with van der Waals surface area (Å²) >= 11 is 0. The number of aromatic nitrogens is 3. The molecule has 0 bridgehead atoms. The second-order valence-corrected chi connectivity index (χ2v) is 13.4. The van der Waals surface area contributed by atoms with Gasteiger partial charge in [-0.2, -0.15) is 4.31 Å². The van der Waals surface area contributed by atoms with E-state index in [-0.39, 0.29) is 18.7 Å². The topological polar surface area (TPSA) is 298 Å². The van der Waals surface area contributed by atoms with E-state index in [4.69, 9.17) is 36.0 Å². The Balaban J connectivity index is 1.47. The molecule has 0 radical (unpaired) electrons. The molecule has 1 aromatic carbocycles. The predicted octanol–water partition coefficient (Wildman–Crippen LogP) is 1.15. The SMILES string of the molecule is Nc1ncnc2c1c(C#Cc1ccc(C[C@H](N)C(=O)O)cc1)cn2[C@@H]1C[C@H](O)[C@@H](CO[PH](=O)OP(=O)(O)OP(=O)(O)OO)O1. The number of nitrogen functional groups attached to an aromatic ring is 1. The van der Waals surface area contributed by atoms with Crippen LogP contribution in [0.4, 0.5) is 5.82 Å². The highest BCUT2D eigenvalue weighted by Gasteiger charge is 2.39. The van der Waals surface area contributed by atoms with E-state index in [9.17, 15) is 28.5 Å². The average molecular weight is 677 g/mol. The number of anilines is 1. The van der Waals surface area contributed by atoms with Crippen molar-refractivity contribution in [2.45, 2.75) is 37.3 Å². The molecule has 1 aliphatic heterocycles. The number of aliphatic hydroxyl groups is 1. The molecule has 9 N–H and O–H groups in total. The van der Waals surface area contributed by atoms with Gasteiger partial charge in [-0.15, -0.1) is 4.67 Å². The number of carbonyl (C=O) groups is 1. The first-order valence-electron chi connectivity index (χ1n) is 12.3. The van der Waals surface area contributed by atoms with Gasteiger partial charge in [0.15, 0.2) is 0 Å². The number of aliphatic hydroxyl groups excluding tert-OH is 1. The van der Waals surface area contributed by atoms with E-state index in [2.05, 4.69) is 35.1 Å². The van der Waals surface area contributed by atoms with Crippen molar-refractivity contribution in [2.75, 3.05) is 12.3 Å². The molecular formula is C22H26N5O14P3. The van der Waals surface area contributed by atoms with Crippen molar-refractivity contribution in [3.8, 4) is 11.8 Å². The molecule has 3 heterocycles. The second kappa shape index (κ2) is 13.9. The summed E-state index contributed by atoms with van der Waals surface area (Å²) in [6.07, 6.45) is -0.168. The predicted molar refractivity (Wildman–Crippen MR) is 149 cm³/mol. The summed E-state index contributed by atoms with van der Waals surface area (Å²) in [5.41, 5.74) is 13.8. The lowest BCUT2D eigenvalue weighted by atomic mass is 10.0. The van der Waals surface area contributed by atoms with Crippen molar-refractivity contribution >= 4 is 46.7 Å². The molecule has 3 unspecified atom stereocenters. The highest BCUT2D eigenvalue weighted by molar-refractivity contribution is 7.64. The minimum Gasteiger partial charge on any atom is -0.480 e. The van der Waals surface area contributed by atoms with E-state index in [1.54, 1.807) is 35.0 Å². The summed E-state index contributed by atoms with van der Waals surface area (Å²) in [4.78, 5) is 37.5. The van der Waals surface area contributed by atoms with E-state index >= 15 is 0 Å². The van der Waals surface area contributed by atoms with Gasteiger partial charge in [-0.05, 0) is 24.1 Å². The van der Waals surface area contributed by atoms with Crippen molar-refractivity contribution in [1.29, 1.82) is 0 Å². The standard InChI is InChI=1S/C22H26N5O14P3/c23-15(22(29)30)7-13-3-1-12(2-4-13)5-6-14-9-27(21-19(14)20(24)25-11-26-21)18-8-16(28)17(38-18)10-37-42(32)40-44(35,36)41-43(33,34)39-31/h1-4,9,11,15-18,28,31,42H,7-8,10,23H2,(H,29,30)(H,33,34)(H,35,36)(H2,24,25,26)/t15-,16-,17+,18-/m0/s1. The quantitative estimate of drug-likeness (QED) is 0.0612. The first-order valence-corrected chi connectivity index (χ1v) is 16.5. The van der Waals surface area contributed by atoms with Gasteiger partial charge in [-0.1, -0.05) is 24.0 Å². The largest absolute Gasteiger partial charge is 0.508 e. The van der Waals surface area contributed by atoms with E-state index in [0.717, 1.165) is 5.56 Å². The number of rotatable bonds is 12. The highest BCUT2D eigenvalue weighted by Crippen LogP contribution is 2.63. The number of hydrogen-bond donors (Lipinski definition) is 7. The van der Waals surface area contributed by atoms with Crippen LogP contribution in [0.1, 0.15) is 29.3 Å². The number of carboxylic acid groups (broad SMARTS) is 1. The van der Waals surface area contributed by atoms with Crippen molar-refractivity contribution in [3.05, 3.63) is 53.5 Å². The summed E-state index contributed by atoms with van der Waals surface area (Å²) in [6.45, 7) is -0.598. The third kappa shape index (κ3) is 8.57. The van der Waals surface area contributed by atoms with Gasteiger partial charge in [-0.3, -0.25) is 9.36 Å². The molecule has 7 atom stereocenters. The van der Waals surface area contributed by atoms with Crippen molar-refractivity contribution < 1.29 is 66.3 Å². The summed E-state index contributed by atoms with van der Waals surface area (Å²) in [5, 5.41) is 28.1. The summed E-state index contributed by atoms with van der Waals surface area (Å²) in [5.74, 6) is 5.01. The number of nitrogens with zero attached hydrogens (tertiary/aromatic N) is 3. The number of nitrogens with two attached hydrogens (primary N) is 2. The molecule has 3 aromatic rings. The average Bonchev–Trinajstić information content (AvgIpc) is 3.51. The molecule has 0 saturated carbocycles. The van der Waals surface area contributed by atoms with Crippen molar-refractivity contribution in [2.24, 2.45) is 5.73 Å². The van der Waals surface area contributed by atoms with Gasteiger partial charge >= 0.3 is 29.9 Å². The van der Waals surface area contributed by atoms with Gasteiger partial charge in [0.05, 0.1) is 23.7 Å². The van der Waals surface area contributed by atoms with Crippen molar-refractivity contribution in [1.82, 2.24) is 14.5 Å². The van der Waals surface area contributed by atoms with Gasteiger partial charge < -0.3 is 45.3 Å². The maximum absolute atomic E-state index is 12.0. The highest BCUT2D eigenvalue weighted by atomic mass is 31.3. The lowest BCUT2D eigenvalue weighted by Crippen LogP contribution is -2.32. The Hall–Kier alpha value is -3.04.